The predicted molar refractivity (Wildman–Crippen MR) is 94.9 cm³/mol. The number of hydrogen-bond acceptors (Lipinski definition) is 4. The minimum absolute atomic E-state index is 0.173. The van der Waals surface area contributed by atoms with Gasteiger partial charge >= 0.3 is 0 Å². The van der Waals surface area contributed by atoms with Crippen molar-refractivity contribution in [1.29, 1.82) is 0 Å². The van der Waals surface area contributed by atoms with Gasteiger partial charge in [0.25, 0.3) is 0 Å². The van der Waals surface area contributed by atoms with E-state index in [1.807, 2.05) is 19.1 Å². The highest BCUT2D eigenvalue weighted by Gasteiger charge is 2.28. The van der Waals surface area contributed by atoms with Crippen LogP contribution in [-0.4, -0.2) is 26.7 Å². The summed E-state index contributed by atoms with van der Waals surface area (Å²) in [6.07, 6.45) is 0. The van der Waals surface area contributed by atoms with E-state index in [-0.39, 0.29) is 5.75 Å². The second kappa shape index (κ2) is 7.49. The molecule has 2 aromatic rings. The number of hydrogen-bond donors (Lipinski definition) is 1. The lowest BCUT2D eigenvalue weighted by atomic mass is 10.2. The second-order valence-electron chi connectivity index (χ2n) is 5.62. The summed E-state index contributed by atoms with van der Waals surface area (Å²) in [5.41, 5.74) is 2.16. The fraction of sp³-hybridized carbons (Fsp3) is 0.278. The van der Waals surface area contributed by atoms with Crippen LogP contribution in [0.25, 0.3) is 0 Å². The van der Waals surface area contributed by atoms with Gasteiger partial charge in [-0.1, -0.05) is 42.0 Å². The monoisotopic (exact) mass is 347 g/mol. The number of para-hydroxylation sites is 2. The molecular formula is C18H21NO4S. The molecule has 0 aliphatic rings. The van der Waals surface area contributed by atoms with Crippen LogP contribution in [0.2, 0.25) is 0 Å². The molecule has 0 aliphatic carbocycles. The highest BCUT2D eigenvalue weighted by molar-refractivity contribution is 7.92. The molecule has 0 spiro atoms. The molecule has 0 aliphatic heterocycles. The Kier molecular flexibility index (Phi) is 5.62. The van der Waals surface area contributed by atoms with Crippen molar-refractivity contribution in [2.24, 2.45) is 0 Å². The normalized spacial score (nSPS) is 12.5. The maximum atomic E-state index is 12.5. The maximum absolute atomic E-state index is 12.5. The lowest BCUT2D eigenvalue weighted by molar-refractivity contribution is -0.115. The number of carbonyl (C=O) groups is 1. The van der Waals surface area contributed by atoms with E-state index < -0.39 is 21.0 Å². The Hall–Kier alpha value is -2.34. The molecule has 24 heavy (non-hydrogen) atoms. The summed E-state index contributed by atoms with van der Waals surface area (Å²) in [5, 5.41) is 1.46. The molecule has 5 nitrogen and oxygen atoms in total. The van der Waals surface area contributed by atoms with Crippen LogP contribution in [0.5, 0.6) is 5.75 Å². The van der Waals surface area contributed by atoms with Crippen molar-refractivity contribution < 1.29 is 17.9 Å². The van der Waals surface area contributed by atoms with Crippen molar-refractivity contribution in [3.05, 3.63) is 59.7 Å². The van der Waals surface area contributed by atoms with E-state index in [0.717, 1.165) is 5.56 Å². The molecule has 0 aromatic heterocycles. The molecule has 2 rings (SSSR count). The SMILES string of the molecule is COc1ccccc1NC(=O)C(C)S(=O)(=O)Cc1ccc(C)cc1. The van der Waals surface area contributed by atoms with E-state index >= 15 is 0 Å². The van der Waals surface area contributed by atoms with E-state index in [0.29, 0.717) is 17.0 Å². The fourth-order valence-electron chi connectivity index (χ4n) is 2.19. The third-order valence-electron chi connectivity index (χ3n) is 3.76. The third kappa shape index (κ3) is 4.35. The fourth-order valence-corrected chi connectivity index (χ4v) is 3.48. The minimum atomic E-state index is -3.62. The van der Waals surface area contributed by atoms with Crippen molar-refractivity contribution >= 4 is 21.4 Å². The molecule has 0 saturated heterocycles. The van der Waals surface area contributed by atoms with Gasteiger partial charge in [-0.2, -0.15) is 0 Å². The number of methoxy groups -OCH3 is 1. The molecule has 128 valence electrons. The maximum Gasteiger partial charge on any atom is 0.242 e. The number of sulfone groups is 1. The van der Waals surface area contributed by atoms with Crippen molar-refractivity contribution in [1.82, 2.24) is 0 Å². The van der Waals surface area contributed by atoms with Gasteiger partial charge in [0.15, 0.2) is 9.84 Å². The number of anilines is 1. The van der Waals surface area contributed by atoms with Gasteiger partial charge in [0.2, 0.25) is 5.91 Å². The van der Waals surface area contributed by atoms with Crippen LogP contribution in [0.3, 0.4) is 0 Å². The van der Waals surface area contributed by atoms with Crippen LogP contribution >= 0.6 is 0 Å². The molecule has 6 heteroatoms. The lowest BCUT2D eigenvalue weighted by Crippen LogP contribution is -2.33. The Labute approximate surface area is 142 Å². The van der Waals surface area contributed by atoms with Gasteiger partial charge in [0, 0.05) is 0 Å². The molecular weight excluding hydrogens is 326 g/mol. The summed E-state index contributed by atoms with van der Waals surface area (Å²) in [4.78, 5) is 12.3. The van der Waals surface area contributed by atoms with E-state index in [1.54, 1.807) is 36.4 Å². The molecule has 1 N–H and O–H groups in total. The van der Waals surface area contributed by atoms with E-state index in [4.69, 9.17) is 4.74 Å². The largest absolute Gasteiger partial charge is 0.495 e. The van der Waals surface area contributed by atoms with Gasteiger partial charge in [-0.15, -0.1) is 0 Å². The topological polar surface area (TPSA) is 72.5 Å². The van der Waals surface area contributed by atoms with Gasteiger partial charge in [-0.3, -0.25) is 4.79 Å². The number of ether oxygens (including phenoxy) is 1. The molecule has 0 saturated carbocycles. The van der Waals surface area contributed by atoms with Gasteiger partial charge in [0.1, 0.15) is 11.0 Å². The first-order valence-electron chi connectivity index (χ1n) is 7.54. The van der Waals surface area contributed by atoms with E-state index in [2.05, 4.69) is 5.32 Å². The predicted octanol–water partition coefficient (Wildman–Crippen LogP) is 2.95. The van der Waals surface area contributed by atoms with Crippen LogP contribution in [0, 0.1) is 6.92 Å². The molecule has 1 unspecified atom stereocenters. The highest BCUT2D eigenvalue weighted by Crippen LogP contribution is 2.24. The van der Waals surface area contributed by atoms with Crippen LogP contribution < -0.4 is 10.1 Å². The van der Waals surface area contributed by atoms with Crippen LogP contribution in [0.15, 0.2) is 48.5 Å². The summed E-state index contributed by atoms with van der Waals surface area (Å²) >= 11 is 0. The number of nitrogens with one attached hydrogen (secondary N) is 1. The van der Waals surface area contributed by atoms with Crippen molar-refractivity contribution in [3.8, 4) is 5.75 Å². The summed E-state index contributed by atoms with van der Waals surface area (Å²) < 4.78 is 30.1. The summed E-state index contributed by atoms with van der Waals surface area (Å²) in [5.74, 6) is -0.269. The number of amides is 1. The molecule has 1 amide bonds. The van der Waals surface area contributed by atoms with Gasteiger partial charge < -0.3 is 10.1 Å². The Morgan fingerprint density at radius 2 is 1.75 bits per heavy atom. The van der Waals surface area contributed by atoms with Crippen LogP contribution in [0.1, 0.15) is 18.1 Å². The lowest BCUT2D eigenvalue weighted by Gasteiger charge is -2.15. The Bertz CT molecular complexity index is 813. The second-order valence-corrected chi connectivity index (χ2v) is 7.95. The third-order valence-corrected chi connectivity index (χ3v) is 5.79. The number of benzene rings is 2. The summed E-state index contributed by atoms with van der Waals surface area (Å²) in [6, 6.07) is 14.1. The standard InChI is InChI=1S/C18H21NO4S/c1-13-8-10-15(11-9-13)12-24(21,22)14(2)18(20)19-16-6-4-5-7-17(16)23-3/h4-11,14H,12H2,1-3H3,(H,19,20). The first-order valence-corrected chi connectivity index (χ1v) is 9.26. The summed E-state index contributed by atoms with van der Waals surface area (Å²) in [7, 11) is -2.13. The average molecular weight is 347 g/mol. The first kappa shape index (κ1) is 18.0. The molecule has 0 fully saturated rings. The first-order chi connectivity index (χ1) is 11.3. The molecule has 0 heterocycles. The van der Waals surface area contributed by atoms with Crippen molar-refractivity contribution in [2.75, 3.05) is 12.4 Å². The number of rotatable bonds is 6. The smallest absolute Gasteiger partial charge is 0.242 e. The minimum Gasteiger partial charge on any atom is -0.495 e. The highest BCUT2D eigenvalue weighted by atomic mass is 32.2. The Morgan fingerprint density at radius 1 is 1.12 bits per heavy atom. The molecule has 0 bridgehead atoms. The van der Waals surface area contributed by atoms with Crippen LogP contribution in [0.4, 0.5) is 5.69 Å². The Morgan fingerprint density at radius 3 is 2.38 bits per heavy atom. The Balaban J connectivity index is 2.12. The van der Waals surface area contributed by atoms with Gasteiger partial charge in [-0.05, 0) is 31.5 Å². The average Bonchev–Trinajstić information content (AvgIpc) is 2.56. The van der Waals surface area contributed by atoms with E-state index in [1.165, 1.54) is 14.0 Å². The summed E-state index contributed by atoms with van der Waals surface area (Å²) in [6.45, 7) is 3.33. The van der Waals surface area contributed by atoms with Crippen molar-refractivity contribution in [2.45, 2.75) is 24.9 Å². The number of aryl methyl sites for hydroxylation is 1. The van der Waals surface area contributed by atoms with Gasteiger partial charge in [0.05, 0.1) is 18.6 Å². The van der Waals surface area contributed by atoms with E-state index in [9.17, 15) is 13.2 Å². The van der Waals surface area contributed by atoms with Gasteiger partial charge in [-0.25, -0.2) is 8.42 Å². The quantitative estimate of drug-likeness (QED) is 0.872. The molecule has 0 radical (unpaired) electrons. The molecule has 2 aromatic carbocycles. The zero-order valence-corrected chi connectivity index (χ0v) is 14.8. The number of carbonyl (C=O) groups excluding carboxylic acids is 1. The van der Waals surface area contributed by atoms with Crippen molar-refractivity contribution in [3.63, 3.8) is 0 Å². The molecule has 1 atom stereocenters. The zero-order chi connectivity index (χ0) is 17.7. The zero-order valence-electron chi connectivity index (χ0n) is 13.9. The van der Waals surface area contributed by atoms with Crippen LogP contribution in [-0.2, 0) is 20.4 Å².